The largest absolute Gasteiger partial charge is 0.379 e. The Balaban J connectivity index is 2.18. The molecule has 1 aromatic carbocycles. The van der Waals surface area contributed by atoms with Crippen molar-refractivity contribution in [1.29, 1.82) is 0 Å². The first-order valence-corrected chi connectivity index (χ1v) is 9.07. The van der Waals surface area contributed by atoms with Crippen LogP contribution in [0.25, 0.3) is 4.85 Å². The summed E-state index contributed by atoms with van der Waals surface area (Å²) >= 11 is 0. The second kappa shape index (κ2) is 7.19. The molecule has 26 heavy (non-hydrogen) atoms. The van der Waals surface area contributed by atoms with Crippen LogP contribution < -0.4 is 5.32 Å². The van der Waals surface area contributed by atoms with Gasteiger partial charge in [-0.1, -0.05) is 0 Å². The van der Waals surface area contributed by atoms with E-state index in [2.05, 4.69) is 15.1 Å². The lowest BCUT2D eigenvalue weighted by Crippen LogP contribution is -2.45. The molecule has 0 spiro atoms. The van der Waals surface area contributed by atoms with Gasteiger partial charge >= 0.3 is 0 Å². The van der Waals surface area contributed by atoms with Crippen LogP contribution in [0.2, 0.25) is 0 Å². The molecule has 1 amide bonds. The summed E-state index contributed by atoms with van der Waals surface area (Å²) in [5.41, 5.74) is -1.36. The first-order valence-electron chi connectivity index (χ1n) is 7.41. The molecule has 0 aliphatic heterocycles. The van der Waals surface area contributed by atoms with Crippen LogP contribution >= 0.6 is 0 Å². The van der Waals surface area contributed by atoms with E-state index in [1.165, 1.54) is 12.3 Å². The Bertz CT molecular complexity index is 980. The van der Waals surface area contributed by atoms with Gasteiger partial charge in [-0.2, -0.15) is 0 Å². The average molecular weight is 377 g/mol. The van der Waals surface area contributed by atoms with Crippen molar-refractivity contribution in [1.82, 2.24) is 4.98 Å². The number of rotatable bonds is 5. The lowest BCUT2D eigenvalue weighted by molar-refractivity contribution is -0.130. The van der Waals surface area contributed by atoms with E-state index in [0.29, 0.717) is 11.3 Å². The minimum Gasteiger partial charge on any atom is -0.379 e. The number of carbonyl (C=O) groups excluding carboxylic acids is 1. The quantitative estimate of drug-likeness (QED) is 0.615. The van der Waals surface area contributed by atoms with Crippen molar-refractivity contribution in [3.05, 3.63) is 59.3 Å². The number of carbonyl (C=O) groups is 1. The number of nitrogens with one attached hydrogen (secondary N) is 1. The number of aryl methyl sites for hydroxylation is 1. The van der Waals surface area contributed by atoms with Crippen LogP contribution in [0.5, 0.6) is 0 Å². The van der Waals surface area contributed by atoms with Crippen LogP contribution in [-0.2, 0) is 14.6 Å². The molecule has 0 aliphatic rings. The molecule has 1 aromatic heterocycles. The highest BCUT2D eigenvalue weighted by molar-refractivity contribution is 7.91. The van der Waals surface area contributed by atoms with Gasteiger partial charge in [0.15, 0.2) is 15.4 Å². The molecule has 0 saturated heterocycles. The van der Waals surface area contributed by atoms with Crippen molar-refractivity contribution >= 4 is 27.2 Å². The van der Waals surface area contributed by atoms with Gasteiger partial charge in [0.1, 0.15) is 11.6 Å². The van der Waals surface area contributed by atoms with E-state index in [9.17, 15) is 22.7 Å². The fraction of sp³-hybridized carbons (Fsp3) is 0.235. The summed E-state index contributed by atoms with van der Waals surface area (Å²) in [6.45, 7) is 9.67. The molecule has 1 heterocycles. The Morgan fingerprint density at radius 1 is 1.38 bits per heavy atom. The fourth-order valence-electron chi connectivity index (χ4n) is 2.15. The van der Waals surface area contributed by atoms with E-state index in [1.54, 1.807) is 6.92 Å². The standard InChI is InChI=1S/C17H16FN3O4S/c1-11-8-15(20-9-14(11)19-3)21-16(22)17(2,23)10-26(24,25)13-6-4-12(18)5-7-13/h4-9,23H,10H2,1-2H3,(H,20,21,22)/t17-/m0/s1. The topological polar surface area (TPSA) is 101 Å². The van der Waals surface area contributed by atoms with Crippen LogP contribution in [0, 0.1) is 19.3 Å². The number of hydrogen-bond donors (Lipinski definition) is 2. The first-order chi connectivity index (χ1) is 12.0. The van der Waals surface area contributed by atoms with E-state index in [4.69, 9.17) is 6.57 Å². The molecule has 0 fully saturated rings. The number of benzene rings is 1. The minimum absolute atomic E-state index is 0.0827. The first kappa shape index (κ1) is 19.5. The monoisotopic (exact) mass is 377 g/mol. The summed E-state index contributed by atoms with van der Waals surface area (Å²) in [6.07, 6.45) is 1.27. The molecule has 0 saturated carbocycles. The van der Waals surface area contributed by atoms with Gasteiger partial charge in [-0.05, 0) is 49.7 Å². The number of pyridine rings is 1. The van der Waals surface area contributed by atoms with Crippen molar-refractivity contribution < 1.29 is 22.7 Å². The molecule has 1 atom stereocenters. The van der Waals surface area contributed by atoms with Crippen molar-refractivity contribution in [3.8, 4) is 0 Å². The second-order valence-electron chi connectivity index (χ2n) is 5.91. The number of nitrogens with zero attached hydrogens (tertiary/aromatic N) is 2. The molecule has 0 radical (unpaired) electrons. The maximum atomic E-state index is 12.9. The number of amides is 1. The number of aromatic nitrogens is 1. The zero-order chi connectivity index (χ0) is 19.5. The van der Waals surface area contributed by atoms with Crippen molar-refractivity contribution in [2.75, 3.05) is 11.1 Å². The third-order valence-electron chi connectivity index (χ3n) is 3.58. The summed E-state index contributed by atoms with van der Waals surface area (Å²) < 4.78 is 37.6. The highest BCUT2D eigenvalue weighted by Gasteiger charge is 2.37. The predicted molar refractivity (Wildman–Crippen MR) is 92.9 cm³/mol. The maximum Gasteiger partial charge on any atom is 0.258 e. The number of sulfone groups is 1. The highest BCUT2D eigenvalue weighted by atomic mass is 32.2. The molecule has 2 rings (SSSR count). The number of anilines is 1. The molecule has 9 heteroatoms. The van der Waals surface area contributed by atoms with Gasteiger partial charge in [-0.3, -0.25) is 9.78 Å². The molecule has 136 valence electrons. The van der Waals surface area contributed by atoms with Gasteiger partial charge in [0.2, 0.25) is 5.69 Å². The summed E-state index contributed by atoms with van der Waals surface area (Å²) in [7, 11) is -4.03. The van der Waals surface area contributed by atoms with Gasteiger partial charge in [0, 0.05) is 6.20 Å². The van der Waals surface area contributed by atoms with Crippen LogP contribution in [0.1, 0.15) is 12.5 Å². The lowest BCUT2D eigenvalue weighted by Gasteiger charge is -2.22. The maximum absolute atomic E-state index is 12.9. The highest BCUT2D eigenvalue weighted by Crippen LogP contribution is 2.22. The van der Waals surface area contributed by atoms with Crippen molar-refractivity contribution in [2.45, 2.75) is 24.3 Å². The molecule has 7 nitrogen and oxygen atoms in total. The number of hydrogen-bond acceptors (Lipinski definition) is 5. The number of aliphatic hydroxyl groups is 1. The molecule has 2 N–H and O–H groups in total. The summed E-state index contributed by atoms with van der Waals surface area (Å²) in [6, 6.07) is 5.52. The van der Waals surface area contributed by atoms with Crippen molar-refractivity contribution in [2.24, 2.45) is 0 Å². The van der Waals surface area contributed by atoms with Gasteiger partial charge in [0.05, 0.1) is 17.2 Å². The fourth-order valence-corrected chi connectivity index (χ4v) is 3.73. The van der Waals surface area contributed by atoms with Gasteiger partial charge < -0.3 is 10.4 Å². The second-order valence-corrected chi connectivity index (χ2v) is 7.90. The van der Waals surface area contributed by atoms with Crippen LogP contribution in [0.15, 0.2) is 41.4 Å². The van der Waals surface area contributed by atoms with E-state index in [0.717, 1.165) is 31.2 Å². The van der Waals surface area contributed by atoms with E-state index < -0.39 is 32.9 Å². The Kier molecular flexibility index (Phi) is 5.39. The van der Waals surface area contributed by atoms with Gasteiger partial charge in [-0.25, -0.2) is 17.7 Å². The molecule has 2 aromatic rings. The third-order valence-corrected chi connectivity index (χ3v) is 5.51. The third kappa shape index (κ3) is 4.41. The number of halogens is 1. The average Bonchev–Trinajstić information content (AvgIpc) is 2.54. The van der Waals surface area contributed by atoms with Crippen LogP contribution in [-0.4, -0.2) is 35.8 Å². The Labute approximate surface area is 150 Å². The van der Waals surface area contributed by atoms with E-state index in [1.807, 2.05) is 0 Å². The zero-order valence-electron chi connectivity index (χ0n) is 14.0. The van der Waals surface area contributed by atoms with Gasteiger partial charge in [-0.15, -0.1) is 0 Å². The van der Waals surface area contributed by atoms with Crippen LogP contribution in [0.3, 0.4) is 0 Å². The van der Waals surface area contributed by atoms with E-state index in [-0.39, 0.29) is 10.7 Å². The molecular formula is C17H16FN3O4S. The van der Waals surface area contributed by atoms with Crippen molar-refractivity contribution in [3.63, 3.8) is 0 Å². The Hall–Kier alpha value is -2.83. The Morgan fingerprint density at radius 3 is 2.54 bits per heavy atom. The minimum atomic E-state index is -4.03. The molecule has 0 unspecified atom stereocenters. The summed E-state index contributed by atoms with van der Waals surface area (Å²) in [5, 5.41) is 12.7. The lowest BCUT2D eigenvalue weighted by atomic mass is 10.1. The normalized spacial score (nSPS) is 13.5. The Morgan fingerprint density at radius 2 is 2.00 bits per heavy atom. The van der Waals surface area contributed by atoms with Crippen LogP contribution in [0.4, 0.5) is 15.9 Å². The molecule has 0 bridgehead atoms. The van der Waals surface area contributed by atoms with E-state index >= 15 is 0 Å². The molecule has 0 aliphatic carbocycles. The predicted octanol–water partition coefficient (Wildman–Crippen LogP) is 2.24. The summed E-state index contributed by atoms with van der Waals surface area (Å²) in [4.78, 5) is 19.2. The SMILES string of the molecule is [C-]#[N+]c1cnc(NC(=O)[C@@](C)(O)CS(=O)(=O)c2ccc(F)cc2)cc1C. The smallest absolute Gasteiger partial charge is 0.258 e. The summed E-state index contributed by atoms with van der Waals surface area (Å²) in [5.74, 6) is -2.38. The molecular weight excluding hydrogens is 361 g/mol. The van der Waals surface area contributed by atoms with Gasteiger partial charge in [0.25, 0.3) is 5.91 Å². The zero-order valence-corrected chi connectivity index (χ0v) is 14.8.